The fourth-order valence-corrected chi connectivity index (χ4v) is 4.64. The van der Waals surface area contributed by atoms with Gasteiger partial charge in [0.15, 0.2) is 5.96 Å². The van der Waals surface area contributed by atoms with Gasteiger partial charge in [-0.25, -0.2) is 0 Å². The van der Waals surface area contributed by atoms with E-state index < -0.39 is 0 Å². The highest BCUT2D eigenvalue weighted by Gasteiger charge is 2.24. The molecular weight excluding hydrogens is 382 g/mol. The van der Waals surface area contributed by atoms with Gasteiger partial charge < -0.3 is 20.4 Å². The van der Waals surface area contributed by atoms with Crippen molar-refractivity contribution in [1.82, 2.24) is 15.5 Å². The van der Waals surface area contributed by atoms with Crippen molar-refractivity contribution in [3.05, 3.63) is 28.8 Å². The Hall–Kier alpha value is -1.46. The lowest BCUT2D eigenvalue weighted by Crippen LogP contribution is -2.48. The molecule has 2 aliphatic heterocycles. The summed E-state index contributed by atoms with van der Waals surface area (Å²) in [5, 5.41) is 7.94. The van der Waals surface area contributed by atoms with Crippen molar-refractivity contribution >= 4 is 23.2 Å². The number of piperidine rings is 1. The van der Waals surface area contributed by atoms with Crippen LogP contribution in [0.4, 0.5) is 5.69 Å². The molecule has 1 unspecified atom stereocenters. The van der Waals surface area contributed by atoms with Crippen LogP contribution in [-0.2, 0) is 0 Å². The smallest absolute Gasteiger partial charge is 0.191 e. The Kier molecular flexibility index (Phi) is 8.49. The number of nitrogens with zero attached hydrogens (tertiary/aromatic N) is 3. The molecule has 29 heavy (non-hydrogen) atoms. The Morgan fingerprint density at radius 3 is 2.69 bits per heavy atom. The Balaban J connectivity index is 1.51. The molecule has 162 valence electrons. The Labute approximate surface area is 181 Å². The first-order chi connectivity index (χ1) is 14.1. The predicted octanol–water partition coefficient (Wildman–Crippen LogP) is 3.90. The number of rotatable bonds is 7. The van der Waals surface area contributed by atoms with Crippen LogP contribution >= 0.6 is 11.6 Å². The SMILES string of the molecule is CCCN1CCC(NC(=NCC2CCN(c3cc(Cl)ccc3C)C2)NCC)CC1. The molecule has 6 heteroatoms. The Bertz CT molecular complexity index is 669. The lowest BCUT2D eigenvalue weighted by atomic mass is 10.1. The molecule has 2 saturated heterocycles. The molecule has 0 spiro atoms. The third-order valence-corrected chi connectivity index (χ3v) is 6.35. The van der Waals surface area contributed by atoms with Gasteiger partial charge in [-0.05, 0) is 69.7 Å². The molecule has 1 aromatic carbocycles. The van der Waals surface area contributed by atoms with Gasteiger partial charge in [0.25, 0.3) is 0 Å². The first-order valence-electron chi connectivity index (χ1n) is 11.4. The number of hydrogen-bond acceptors (Lipinski definition) is 3. The van der Waals surface area contributed by atoms with E-state index in [-0.39, 0.29) is 0 Å². The molecule has 2 aliphatic rings. The van der Waals surface area contributed by atoms with Crippen LogP contribution in [0.3, 0.4) is 0 Å². The first-order valence-corrected chi connectivity index (χ1v) is 11.7. The highest BCUT2D eigenvalue weighted by molar-refractivity contribution is 6.30. The Morgan fingerprint density at radius 1 is 1.17 bits per heavy atom. The van der Waals surface area contributed by atoms with E-state index in [1.807, 2.05) is 6.07 Å². The van der Waals surface area contributed by atoms with Gasteiger partial charge in [-0.15, -0.1) is 0 Å². The summed E-state index contributed by atoms with van der Waals surface area (Å²) in [6.07, 6.45) is 4.84. The van der Waals surface area contributed by atoms with E-state index in [1.54, 1.807) is 0 Å². The molecule has 0 saturated carbocycles. The minimum atomic E-state index is 0.537. The van der Waals surface area contributed by atoms with Crippen LogP contribution in [0.15, 0.2) is 23.2 Å². The summed E-state index contributed by atoms with van der Waals surface area (Å²) < 4.78 is 0. The summed E-state index contributed by atoms with van der Waals surface area (Å²) in [7, 11) is 0. The van der Waals surface area contributed by atoms with Gasteiger partial charge in [-0.3, -0.25) is 4.99 Å². The fraction of sp³-hybridized carbons (Fsp3) is 0.696. The molecule has 3 rings (SSSR count). The van der Waals surface area contributed by atoms with Gasteiger partial charge in [0.1, 0.15) is 0 Å². The monoisotopic (exact) mass is 419 g/mol. The maximum Gasteiger partial charge on any atom is 0.191 e. The number of likely N-dealkylation sites (tertiary alicyclic amines) is 1. The summed E-state index contributed by atoms with van der Waals surface area (Å²) in [6.45, 7) is 14.1. The van der Waals surface area contributed by atoms with E-state index in [0.29, 0.717) is 12.0 Å². The zero-order valence-electron chi connectivity index (χ0n) is 18.4. The van der Waals surface area contributed by atoms with Crippen LogP contribution in [0.25, 0.3) is 0 Å². The number of guanidine groups is 1. The van der Waals surface area contributed by atoms with Crippen molar-refractivity contribution in [2.45, 2.75) is 52.5 Å². The van der Waals surface area contributed by atoms with E-state index in [2.05, 4.69) is 53.3 Å². The molecule has 2 heterocycles. The van der Waals surface area contributed by atoms with Crippen LogP contribution in [0, 0.1) is 12.8 Å². The van der Waals surface area contributed by atoms with Crippen molar-refractivity contribution in [3.8, 4) is 0 Å². The summed E-state index contributed by atoms with van der Waals surface area (Å²) >= 11 is 6.22. The molecule has 2 N–H and O–H groups in total. The average molecular weight is 420 g/mol. The number of anilines is 1. The molecule has 2 fully saturated rings. The van der Waals surface area contributed by atoms with Crippen molar-refractivity contribution in [2.24, 2.45) is 10.9 Å². The second-order valence-corrected chi connectivity index (χ2v) is 8.95. The Morgan fingerprint density at radius 2 is 1.97 bits per heavy atom. The summed E-state index contributed by atoms with van der Waals surface area (Å²) in [4.78, 5) is 9.98. The minimum Gasteiger partial charge on any atom is -0.371 e. The number of halogens is 1. The van der Waals surface area contributed by atoms with Gasteiger partial charge in [0.2, 0.25) is 0 Å². The molecule has 0 bridgehead atoms. The molecule has 0 radical (unpaired) electrons. The van der Waals surface area contributed by atoms with E-state index in [1.165, 1.54) is 56.6 Å². The van der Waals surface area contributed by atoms with Gasteiger partial charge >= 0.3 is 0 Å². The van der Waals surface area contributed by atoms with Crippen molar-refractivity contribution < 1.29 is 0 Å². The van der Waals surface area contributed by atoms with Gasteiger partial charge in [-0.1, -0.05) is 24.6 Å². The van der Waals surface area contributed by atoms with Crippen LogP contribution in [0.2, 0.25) is 5.02 Å². The quantitative estimate of drug-likeness (QED) is 0.519. The molecule has 0 aliphatic carbocycles. The van der Waals surface area contributed by atoms with E-state index in [0.717, 1.165) is 37.2 Å². The molecular formula is C23H38ClN5. The van der Waals surface area contributed by atoms with E-state index in [9.17, 15) is 0 Å². The highest BCUT2D eigenvalue weighted by atomic mass is 35.5. The van der Waals surface area contributed by atoms with Crippen molar-refractivity contribution in [1.29, 1.82) is 0 Å². The third-order valence-electron chi connectivity index (χ3n) is 6.12. The average Bonchev–Trinajstić information content (AvgIpc) is 3.19. The first kappa shape index (κ1) is 22.2. The van der Waals surface area contributed by atoms with Crippen LogP contribution < -0.4 is 15.5 Å². The van der Waals surface area contributed by atoms with E-state index >= 15 is 0 Å². The summed E-state index contributed by atoms with van der Waals surface area (Å²) in [5.74, 6) is 1.58. The number of hydrogen-bond donors (Lipinski definition) is 2. The molecule has 0 aromatic heterocycles. The number of nitrogens with one attached hydrogen (secondary N) is 2. The van der Waals surface area contributed by atoms with Gasteiger partial charge in [0, 0.05) is 56.0 Å². The van der Waals surface area contributed by atoms with Crippen LogP contribution in [0.5, 0.6) is 0 Å². The predicted molar refractivity (Wildman–Crippen MR) is 125 cm³/mol. The summed E-state index contributed by atoms with van der Waals surface area (Å²) in [6, 6.07) is 6.72. The molecule has 0 amide bonds. The standard InChI is InChI=1S/C23H38ClN5/c1-4-11-28-12-9-21(10-13-28)27-23(25-5-2)26-16-19-8-14-29(17-19)22-15-20(24)7-6-18(22)3/h6-7,15,19,21H,4-5,8-14,16-17H2,1-3H3,(H2,25,26,27). The lowest BCUT2D eigenvalue weighted by molar-refractivity contribution is 0.206. The normalized spacial score (nSPS) is 21.6. The van der Waals surface area contributed by atoms with Crippen molar-refractivity contribution in [3.63, 3.8) is 0 Å². The van der Waals surface area contributed by atoms with Crippen molar-refractivity contribution in [2.75, 3.05) is 50.7 Å². The molecule has 1 aromatic rings. The topological polar surface area (TPSA) is 42.9 Å². The lowest BCUT2D eigenvalue weighted by Gasteiger charge is -2.32. The minimum absolute atomic E-state index is 0.537. The highest BCUT2D eigenvalue weighted by Crippen LogP contribution is 2.29. The maximum absolute atomic E-state index is 6.22. The second kappa shape index (κ2) is 11.1. The third kappa shape index (κ3) is 6.51. The zero-order chi connectivity index (χ0) is 20.6. The van der Waals surface area contributed by atoms with Crippen LogP contribution in [0.1, 0.15) is 45.1 Å². The molecule has 1 atom stereocenters. The largest absolute Gasteiger partial charge is 0.371 e. The number of benzene rings is 1. The molecule has 5 nitrogen and oxygen atoms in total. The van der Waals surface area contributed by atoms with E-state index in [4.69, 9.17) is 16.6 Å². The number of aliphatic imine (C=N–C) groups is 1. The van der Waals surface area contributed by atoms with Gasteiger partial charge in [0.05, 0.1) is 0 Å². The second-order valence-electron chi connectivity index (χ2n) is 8.51. The maximum atomic E-state index is 6.22. The number of aryl methyl sites for hydroxylation is 1. The van der Waals surface area contributed by atoms with Gasteiger partial charge in [-0.2, -0.15) is 0 Å². The summed E-state index contributed by atoms with van der Waals surface area (Å²) in [5.41, 5.74) is 2.57. The fourth-order valence-electron chi connectivity index (χ4n) is 4.47. The zero-order valence-corrected chi connectivity index (χ0v) is 19.1. The van der Waals surface area contributed by atoms with Crippen LogP contribution in [-0.4, -0.2) is 62.7 Å².